The molecule has 3 nitrogen and oxygen atoms in total. The molecule has 1 atom stereocenters. The van der Waals surface area contributed by atoms with Gasteiger partial charge in [0, 0.05) is 22.9 Å². The number of hydrogen-bond donors (Lipinski definition) is 3. The summed E-state index contributed by atoms with van der Waals surface area (Å²) in [5, 5.41) is 16.9. The Morgan fingerprint density at radius 2 is 2.29 bits per heavy atom. The Morgan fingerprint density at radius 3 is 2.82 bits per heavy atom. The van der Waals surface area contributed by atoms with Crippen LogP contribution in [0.5, 0.6) is 0 Å². The van der Waals surface area contributed by atoms with Crippen LogP contribution in [0.25, 0.3) is 0 Å². The minimum atomic E-state index is 0.0278. The second-order valence-electron chi connectivity index (χ2n) is 4.02. The van der Waals surface area contributed by atoms with Gasteiger partial charge < -0.3 is 10.8 Å². The lowest BCUT2D eigenvalue weighted by Crippen LogP contribution is -2.11. The zero-order chi connectivity index (χ0) is 12.8. The van der Waals surface area contributed by atoms with E-state index in [9.17, 15) is 0 Å². The van der Waals surface area contributed by atoms with Crippen LogP contribution in [0.4, 0.5) is 0 Å². The molecule has 0 aliphatic rings. The number of aliphatic hydroxyl groups is 1. The number of hydrogen-bond acceptors (Lipinski definition) is 3. The summed E-state index contributed by atoms with van der Waals surface area (Å²) in [6.45, 7) is 2.22. The molecule has 1 aromatic carbocycles. The summed E-state index contributed by atoms with van der Waals surface area (Å²) in [6.07, 6.45) is 0. The van der Waals surface area contributed by atoms with Gasteiger partial charge in [0.15, 0.2) is 0 Å². The largest absolute Gasteiger partial charge is 0.396 e. The standard InChI is InChI=1S/C12H17ClN2OS/c1-8(5-16)6-17-7-10-3-2-9(12(14)15)4-11(10)13/h2-4,8,16H,5-7H2,1H3,(H3,14,15). The molecule has 4 N–H and O–H groups in total. The van der Waals surface area contributed by atoms with E-state index in [-0.39, 0.29) is 12.4 Å². The summed E-state index contributed by atoms with van der Waals surface area (Å²) in [4.78, 5) is 0. The topological polar surface area (TPSA) is 70.1 Å². The molecule has 0 fully saturated rings. The quantitative estimate of drug-likeness (QED) is 0.550. The van der Waals surface area contributed by atoms with E-state index in [0.29, 0.717) is 16.5 Å². The van der Waals surface area contributed by atoms with Crippen LogP contribution in [0.1, 0.15) is 18.1 Å². The molecule has 0 saturated heterocycles. The van der Waals surface area contributed by atoms with Crippen LogP contribution in [-0.4, -0.2) is 23.3 Å². The summed E-state index contributed by atoms with van der Waals surface area (Å²) in [5.74, 6) is 2.04. The van der Waals surface area contributed by atoms with Crippen LogP contribution in [-0.2, 0) is 5.75 Å². The summed E-state index contributed by atoms with van der Waals surface area (Å²) in [7, 11) is 0. The lowest BCUT2D eigenvalue weighted by Gasteiger charge is -2.09. The zero-order valence-corrected chi connectivity index (χ0v) is 11.3. The molecule has 1 aromatic rings. The smallest absolute Gasteiger partial charge is 0.122 e. The predicted octanol–water partition coefficient (Wildman–Crippen LogP) is 2.49. The van der Waals surface area contributed by atoms with Crippen molar-refractivity contribution in [1.82, 2.24) is 0 Å². The highest BCUT2D eigenvalue weighted by Crippen LogP contribution is 2.23. The van der Waals surface area contributed by atoms with E-state index in [1.807, 2.05) is 13.0 Å². The van der Waals surface area contributed by atoms with Crippen molar-refractivity contribution in [1.29, 1.82) is 5.41 Å². The van der Waals surface area contributed by atoms with Gasteiger partial charge >= 0.3 is 0 Å². The summed E-state index contributed by atoms with van der Waals surface area (Å²) in [5.41, 5.74) is 7.06. The Labute approximate surface area is 111 Å². The number of amidine groups is 1. The number of nitrogens with two attached hydrogens (primary N) is 1. The molecule has 94 valence electrons. The molecule has 0 amide bonds. The Bertz CT molecular complexity index is 398. The number of benzene rings is 1. The number of nitrogen functional groups attached to an aromatic ring is 1. The average Bonchev–Trinajstić information content (AvgIpc) is 2.30. The third kappa shape index (κ3) is 4.58. The molecule has 0 aliphatic heterocycles. The Kier molecular flexibility index (Phi) is 5.82. The fourth-order valence-corrected chi connectivity index (χ4v) is 2.68. The second-order valence-corrected chi connectivity index (χ2v) is 5.46. The van der Waals surface area contributed by atoms with Crippen LogP contribution in [0.15, 0.2) is 18.2 Å². The van der Waals surface area contributed by atoms with Gasteiger partial charge in [0.1, 0.15) is 5.84 Å². The highest BCUT2D eigenvalue weighted by Gasteiger charge is 2.05. The third-order valence-electron chi connectivity index (χ3n) is 2.34. The first-order valence-electron chi connectivity index (χ1n) is 5.36. The fourth-order valence-electron chi connectivity index (χ4n) is 1.25. The fraction of sp³-hybridized carbons (Fsp3) is 0.417. The molecule has 1 rings (SSSR count). The maximum atomic E-state index is 8.91. The molecule has 17 heavy (non-hydrogen) atoms. The van der Waals surface area contributed by atoms with Gasteiger partial charge in [-0.15, -0.1) is 0 Å². The first-order valence-corrected chi connectivity index (χ1v) is 6.89. The molecule has 0 spiro atoms. The van der Waals surface area contributed by atoms with E-state index in [0.717, 1.165) is 17.1 Å². The zero-order valence-electron chi connectivity index (χ0n) is 9.74. The normalized spacial score (nSPS) is 12.4. The average molecular weight is 273 g/mol. The van der Waals surface area contributed by atoms with Crippen molar-refractivity contribution in [2.45, 2.75) is 12.7 Å². The first-order chi connectivity index (χ1) is 8.04. The number of halogens is 1. The monoisotopic (exact) mass is 272 g/mol. The van der Waals surface area contributed by atoms with Crippen molar-refractivity contribution >= 4 is 29.2 Å². The molecule has 0 aliphatic carbocycles. The Hall–Kier alpha value is -0.710. The molecule has 0 saturated carbocycles. The lowest BCUT2D eigenvalue weighted by atomic mass is 10.1. The molecule has 0 radical (unpaired) electrons. The van der Waals surface area contributed by atoms with E-state index in [2.05, 4.69) is 0 Å². The minimum Gasteiger partial charge on any atom is -0.396 e. The predicted molar refractivity (Wildman–Crippen MR) is 74.9 cm³/mol. The van der Waals surface area contributed by atoms with E-state index >= 15 is 0 Å². The minimum absolute atomic E-state index is 0.0278. The maximum absolute atomic E-state index is 8.91. The van der Waals surface area contributed by atoms with E-state index in [1.54, 1.807) is 23.9 Å². The van der Waals surface area contributed by atoms with Crippen LogP contribution >= 0.6 is 23.4 Å². The highest BCUT2D eigenvalue weighted by molar-refractivity contribution is 7.98. The van der Waals surface area contributed by atoms with Gasteiger partial charge in [0.25, 0.3) is 0 Å². The third-order valence-corrected chi connectivity index (χ3v) is 4.01. The summed E-state index contributed by atoms with van der Waals surface area (Å²) >= 11 is 7.85. The van der Waals surface area contributed by atoms with Gasteiger partial charge in [-0.3, -0.25) is 5.41 Å². The first kappa shape index (κ1) is 14.4. The van der Waals surface area contributed by atoms with Crippen molar-refractivity contribution < 1.29 is 5.11 Å². The number of rotatable bonds is 6. The van der Waals surface area contributed by atoms with Gasteiger partial charge in [-0.25, -0.2) is 0 Å². The van der Waals surface area contributed by atoms with Crippen molar-refractivity contribution in [2.75, 3.05) is 12.4 Å². The van der Waals surface area contributed by atoms with Crippen LogP contribution in [0.3, 0.4) is 0 Å². The van der Waals surface area contributed by atoms with Crippen molar-refractivity contribution in [3.05, 3.63) is 34.3 Å². The summed E-state index contributed by atoms with van der Waals surface area (Å²) in [6, 6.07) is 5.42. The van der Waals surface area contributed by atoms with Gasteiger partial charge in [-0.1, -0.05) is 30.7 Å². The highest BCUT2D eigenvalue weighted by atomic mass is 35.5. The molecule has 1 unspecified atom stereocenters. The second kappa shape index (κ2) is 6.89. The SMILES string of the molecule is CC(CO)CSCc1ccc(C(=N)N)cc1Cl. The van der Waals surface area contributed by atoms with Gasteiger partial charge in [-0.2, -0.15) is 11.8 Å². The van der Waals surface area contributed by atoms with Gasteiger partial charge in [0.2, 0.25) is 0 Å². The molecule has 0 heterocycles. The number of nitrogens with one attached hydrogen (secondary N) is 1. The van der Waals surface area contributed by atoms with Gasteiger partial charge in [0.05, 0.1) is 0 Å². The molecule has 0 bridgehead atoms. The van der Waals surface area contributed by atoms with Crippen LogP contribution in [0, 0.1) is 11.3 Å². The number of aliphatic hydroxyl groups excluding tert-OH is 1. The lowest BCUT2D eigenvalue weighted by molar-refractivity contribution is 0.250. The van der Waals surface area contributed by atoms with E-state index < -0.39 is 0 Å². The van der Waals surface area contributed by atoms with E-state index in [1.165, 1.54) is 0 Å². The number of thioether (sulfide) groups is 1. The van der Waals surface area contributed by atoms with Crippen LogP contribution < -0.4 is 5.73 Å². The maximum Gasteiger partial charge on any atom is 0.122 e. The Balaban J connectivity index is 2.57. The molecular weight excluding hydrogens is 256 g/mol. The van der Waals surface area contributed by atoms with Crippen LogP contribution in [0.2, 0.25) is 5.02 Å². The van der Waals surface area contributed by atoms with Crippen molar-refractivity contribution in [3.8, 4) is 0 Å². The van der Waals surface area contributed by atoms with Crippen molar-refractivity contribution in [3.63, 3.8) is 0 Å². The van der Waals surface area contributed by atoms with Crippen molar-refractivity contribution in [2.24, 2.45) is 11.7 Å². The van der Waals surface area contributed by atoms with E-state index in [4.69, 9.17) is 27.9 Å². The molecule has 0 aromatic heterocycles. The summed E-state index contributed by atoms with van der Waals surface area (Å²) < 4.78 is 0. The Morgan fingerprint density at radius 1 is 1.59 bits per heavy atom. The molecule has 5 heteroatoms. The molecular formula is C12H17ClN2OS. The van der Waals surface area contributed by atoms with Gasteiger partial charge in [-0.05, 0) is 23.3 Å².